The fourth-order valence-corrected chi connectivity index (χ4v) is 12.4. The molecular weight excluding hydrogens is 1640 g/mol. The average Bonchev–Trinajstić information content (AvgIpc) is 1.79. The Morgan fingerprint density at radius 1 is 0.491 bits per heavy atom. The van der Waals surface area contributed by atoms with Crippen LogP contribution in [-0.2, 0) is 9.53 Å². The molecule has 0 aliphatic rings. The molecule has 0 saturated carbocycles. The lowest BCUT2D eigenvalue weighted by Crippen LogP contribution is -2.27. The number of pyridine rings is 4. The molecule has 13 rings (SSSR count). The van der Waals surface area contributed by atoms with Crippen LogP contribution in [-0.4, -0.2) is 101 Å². The molecule has 7 N–H and O–H groups in total. The maximum atomic E-state index is 13.2. The number of phenols is 4. The van der Waals surface area contributed by atoms with Crippen molar-refractivity contribution in [2.24, 2.45) is 40.9 Å². The average molecular weight is 1670 g/mol. The van der Waals surface area contributed by atoms with Crippen molar-refractivity contribution in [3.8, 4) is 58.4 Å². The molecule has 0 fully saturated rings. The topological polar surface area (TPSA) is 478 Å². The van der Waals surface area contributed by atoms with Crippen molar-refractivity contribution in [2.45, 2.75) is 13.8 Å². The number of urea groups is 1. The number of carbonyl (C=O) groups is 3. The number of aromatic nitrogens is 8. The molecule has 0 unspecified atom stereocenters. The number of azo groups is 4. The van der Waals surface area contributed by atoms with Crippen LogP contribution in [0.4, 0.5) is 78.2 Å². The molecule has 13 aromatic rings. The minimum atomic E-state index is -1.15. The lowest BCUT2D eigenvalue weighted by molar-refractivity contribution is -0.114. The van der Waals surface area contributed by atoms with Crippen molar-refractivity contribution in [1.82, 2.24) is 42.3 Å². The first-order valence-corrected chi connectivity index (χ1v) is 35.5. The van der Waals surface area contributed by atoms with Crippen LogP contribution in [0, 0.1) is 57.0 Å². The van der Waals surface area contributed by atoms with E-state index in [1.54, 1.807) is 45.3 Å². The Hall–Kier alpha value is -12.6. The summed E-state index contributed by atoms with van der Waals surface area (Å²) in [6, 6.07) is 33.2. The number of amides is 4. The zero-order chi connectivity index (χ0) is 79.2. The molecule has 8 aromatic heterocycles. The van der Waals surface area contributed by atoms with Crippen molar-refractivity contribution in [1.29, 1.82) is 21.0 Å². The van der Waals surface area contributed by atoms with Gasteiger partial charge in [0.15, 0.2) is 65.7 Å². The van der Waals surface area contributed by atoms with Crippen molar-refractivity contribution in [3.05, 3.63) is 168 Å². The van der Waals surface area contributed by atoms with Gasteiger partial charge in [-0.15, -0.1) is 40.9 Å². The Labute approximate surface area is 662 Å². The number of halogens is 8. The molecule has 0 bridgehead atoms. The van der Waals surface area contributed by atoms with Gasteiger partial charge >= 0.3 is 12.1 Å². The molecule has 0 saturated heterocycles. The van der Waals surface area contributed by atoms with Gasteiger partial charge in [-0.1, -0.05) is 99.9 Å². The van der Waals surface area contributed by atoms with Gasteiger partial charge in [-0.3, -0.25) is 10.1 Å². The molecule has 110 heavy (non-hydrogen) atoms. The number of rotatable bonds is 13. The van der Waals surface area contributed by atoms with Gasteiger partial charge in [0, 0.05) is 38.7 Å². The molecular formula is C66H38Cl6F2N24O8S4. The van der Waals surface area contributed by atoms with Gasteiger partial charge in [-0.05, 0) is 119 Å². The molecule has 0 spiro atoms. The van der Waals surface area contributed by atoms with Crippen molar-refractivity contribution < 1.29 is 48.3 Å². The minimum Gasteiger partial charge on any atom is -0.506 e. The van der Waals surface area contributed by atoms with Crippen LogP contribution in [0.25, 0.3) is 55.3 Å². The zero-order valence-electron chi connectivity index (χ0n) is 55.5. The monoisotopic (exact) mass is 1670 g/mol. The van der Waals surface area contributed by atoms with E-state index < -0.39 is 29.2 Å². The first-order chi connectivity index (χ1) is 52.7. The van der Waals surface area contributed by atoms with Gasteiger partial charge in [0.1, 0.15) is 67.1 Å². The molecule has 44 heteroatoms. The SMILES string of the molecule is CC(=O)Nc1cc(N=Nc2snc3nc(Cl)c(C#N)cc23)cc(-c2ccccc2)c1O.CCOC(=O)Nc1cc(N=Nc2snc3nc(Cl)c(C#N)cc23)c(Cl)c(Cl)c1O.CN(C)C(=O)Nc1cc(N=Nc2snc3nc(Cl)c(C#N)cc23)ccc1O.N#Cc1cc2c(N=Nc3cc(F)c(O)c(F)c3)snc2nc1Cl. The van der Waals surface area contributed by atoms with Crippen LogP contribution in [0.2, 0.25) is 30.7 Å². The van der Waals surface area contributed by atoms with E-state index in [2.05, 4.69) is 94.3 Å². The summed E-state index contributed by atoms with van der Waals surface area (Å²) in [6.45, 7) is 3.12. The largest absolute Gasteiger partial charge is 0.506 e. The number of hydrogen-bond acceptors (Lipinski definition) is 32. The Morgan fingerprint density at radius 3 is 1.32 bits per heavy atom. The fraction of sp³-hybridized carbons (Fsp3) is 0.0758. The van der Waals surface area contributed by atoms with Crippen LogP contribution < -0.4 is 16.0 Å². The van der Waals surface area contributed by atoms with Gasteiger partial charge in [0.05, 0.1) is 89.6 Å². The Kier molecular flexibility index (Phi) is 26.1. The van der Waals surface area contributed by atoms with Crippen LogP contribution in [0.1, 0.15) is 36.1 Å². The maximum Gasteiger partial charge on any atom is 0.411 e. The first-order valence-electron chi connectivity index (χ1n) is 30.1. The van der Waals surface area contributed by atoms with Crippen LogP contribution in [0.15, 0.2) is 144 Å². The number of carbonyl (C=O) groups excluding carboxylic acids is 3. The van der Waals surface area contributed by atoms with E-state index in [1.807, 2.05) is 54.6 Å². The highest BCUT2D eigenvalue weighted by Crippen LogP contribution is 2.46. The van der Waals surface area contributed by atoms with E-state index in [-0.39, 0.29) is 117 Å². The predicted octanol–water partition coefficient (Wildman–Crippen LogP) is 21.2. The second kappa shape index (κ2) is 35.9. The lowest BCUT2D eigenvalue weighted by atomic mass is 10.0. The summed E-state index contributed by atoms with van der Waals surface area (Å²) in [6.07, 6.45) is -0.787. The van der Waals surface area contributed by atoms with E-state index in [9.17, 15) is 43.7 Å². The third-order valence-electron chi connectivity index (χ3n) is 13.9. The summed E-state index contributed by atoms with van der Waals surface area (Å²) >= 11 is 39.8. The zero-order valence-corrected chi connectivity index (χ0v) is 63.3. The molecule has 0 aliphatic carbocycles. The molecule has 550 valence electrons. The van der Waals surface area contributed by atoms with Crippen LogP contribution in [0.3, 0.4) is 0 Å². The summed E-state index contributed by atoms with van der Waals surface area (Å²) in [5, 5.41) is 119. The number of benzene rings is 5. The van der Waals surface area contributed by atoms with Gasteiger partial charge in [0.2, 0.25) is 5.91 Å². The van der Waals surface area contributed by atoms with Gasteiger partial charge in [-0.2, -0.15) is 38.5 Å². The third kappa shape index (κ3) is 19.0. The highest BCUT2D eigenvalue weighted by atomic mass is 35.5. The van der Waals surface area contributed by atoms with Crippen molar-refractivity contribution in [2.75, 3.05) is 36.7 Å². The predicted molar refractivity (Wildman–Crippen MR) is 411 cm³/mol. The number of nitrogens with one attached hydrogen (secondary N) is 3. The van der Waals surface area contributed by atoms with E-state index in [0.717, 1.165) is 63.8 Å². The summed E-state index contributed by atoms with van der Waals surface area (Å²) in [7, 11) is 3.17. The van der Waals surface area contributed by atoms with E-state index in [0.29, 0.717) is 75.4 Å². The highest BCUT2D eigenvalue weighted by Gasteiger charge is 2.22. The van der Waals surface area contributed by atoms with Crippen LogP contribution >= 0.6 is 116 Å². The number of aromatic hydroxyl groups is 4. The highest BCUT2D eigenvalue weighted by molar-refractivity contribution is 7.12. The summed E-state index contributed by atoms with van der Waals surface area (Å²) in [4.78, 5) is 52.4. The molecule has 4 amide bonds. The summed E-state index contributed by atoms with van der Waals surface area (Å²) in [5.41, 5.74) is 4.50. The van der Waals surface area contributed by atoms with Crippen molar-refractivity contribution in [3.63, 3.8) is 0 Å². The molecule has 0 atom stereocenters. The molecule has 32 nitrogen and oxygen atoms in total. The number of ether oxygens (including phenoxy) is 1. The normalized spacial score (nSPS) is 11.0. The molecule has 0 aliphatic heterocycles. The number of hydrogen-bond donors (Lipinski definition) is 7. The number of phenolic OH excluding ortho intramolecular Hbond substituents is 4. The van der Waals surface area contributed by atoms with Gasteiger partial charge < -0.3 is 40.7 Å². The summed E-state index contributed by atoms with van der Waals surface area (Å²) < 4.78 is 47.7. The van der Waals surface area contributed by atoms with Gasteiger partial charge in [0.25, 0.3) is 0 Å². The van der Waals surface area contributed by atoms with E-state index in [4.69, 9.17) is 95.2 Å². The first kappa shape index (κ1) is 80.0. The minimum absolute atomic E-state index is 0.0245. The fourth-order valence-electron chi connectivity index (χ4n) is 8.76. The summed E-state index contributed by atoms with van der Waals surface area (Å²) in [5.74, 6) is -4.30. The van der Waals surface area contributed by atoms with Crippen LogP contribution in [0.5, 0.6) is 23.0 Å². The molecule has 5 aromatic carbocycles. The lowest BCUT2D eigenvalue weighted by Gasteiger charge is -2.13. The number of nitriles is 4. The van der Waals surface area contributed by atoms with E-state index in [1.165, 1.54) is 48.2 Å². The third-order valence-corrected chi connectivity index (χ3v) is 18.9. The number of fused-ring (bicyclic) bond motifs is 4. The van der Waals surface area contributed by atoms with Gasteiger partial charge in [-0.25, -0.2) is 38.3 Å². The van der Waals surface area contributed by atoms with Crippen molar-refractivity contribution >= 4 is 238 Å². The maximum absolute atomic E-state index is 13.2. The van der Waals surface area contributed by atoms with E-state index >= 15 is 0 Å². The molecule has 8 heterocycles. The second-order valence-electron chi connectivity index (χ2n) is 21.5. The number of anilines is 3. The quantitative estimate of drug-likeness (QED) is 0.0320. The smallest absolute Gasteiger partial charge is 0.411 e. The Balaban J connectivity index is 0.000000157. The molecule has 0 radical (unpaired) electrons. The second-order valence-corrected chi connectivity index (χ2v) is 26.7. The Bertz CT molecular complexity index is 6120. The Morgan fingerprint density at radius 2 is 0.900 bits per heavy atom. The standard InChI is InChI=1S/C21H13ClN6O2S.C16H9Cl3N6O3S.C16H12ClN7O2S.C13H4ClF2N5OS/c1-11(29)24-17-9-14(8-15(18(17)30)12-5-3-2-4-6-12)26-27-21-16-7-13(10-23)19(22)25-20(16)28-31-21;1-2-28-16(27)21-9-4-8(10(17)11(18)12(9)26)23-24-15-7-3-6(5-20)13(19)22-14(7)25-29-15;1-24(2)16(26)19-11-6-9(3-4-12(11)25)21-22-15-10-5-8(7-18)13(17)20-14(10)23-27-15;14-11-5(4-17)1-7-12(18-11)21-23-13(7)20-19-6-2-8(15)10(22)9(16)3-6/h2-9,30H,1H3,(H,24,29);3-4,26H,2H2,1H3,(H,21,27);3-6,25H,1-2H3,(H,19,26);1-3,22H. The number of nitrogens with zero attached hydrogens (tertiary/aromatic N) is 21.